The highest BCUT2D eigenvalue weighted by atomic mass is 16.5. The van der Waals surface area contributed by atoms with Gasteiger partial charge in [0.25, 0.3) is 0 Å². The highest BCUT2D eigenvalue weighted by molar-refractivity contribution is 5.67. The van der Waals surface area contributed by atoms with E-state index in [1.54, 1.807) is 7.11 Å². The molecule has 0 heterocycles. The molecule has 0 aliphatic heterocycles. The van der Waals surface area contributed by atoms with Gasteiger partial charge in [0, 0.05) is 25.9 Å². The van der Waals surface area contributed by atoms with Gasteiger partial charge in [0.1, 0.15) is 0 Å². The number of aliphatic carboxylic acids is 1. The molecule has 1 aromatic carbocycles. The zero-order chi connectivity index (χ0) is 12.7. The van der Waals surface area contributed by atoms with E-state index in [1.165, 1.54) is 5.56 Å². The van der Waals surface area contributed by atoms with E-state index in [4.69, 9.17) is 9.84 Å². The molecule has 0 amide bonds. The molecule has 0 atom stereocenters. The first kappa shape index (κ1) is 13.5. The molecule has 17 heavy (non-hydrogen) atoms. The van der Waals surface area contributed by atoms with Crippen LogP contribution in [-0.4, -0.2) is 37.9 Å². The highest BCUT2D eigenvalue weighted by Crippen LogP contribution is 2.15. The van der Waals surface area contributed by atoms with Crippen molar-refractivity contribution in [3.63, 3.8) is 0 Å². The lowest BCUT2D eigenvalue weighted by atomic mass is 10.2. The van der Waals surface area contributed by atoms with Gasteiger partial charge in [-0.1, -0.05) is 17.7 Å². The van der Waals surface area contributed by atoms with Gasteiger partial charge in [-0.2, -0.15) is 0 Å². The maximum Gasteiger partial charge on any atom is 0.305 e. The van der Waals surface area contributed by atoms with Crippen LogP contribution in [0.1, 0.15) is 12.0 Å². The Balaban J connectivity index is 2.67. The average molecular weight is 237 g/mol. The van der Waals surface area contributed by atoms with E-state index < -0.39 is 5.97 Å². The fourth-order valence-electron chi connectivity index (χ4n) is 1.56. The number of benzene rings is 1. The third kappa shape index (κ3) is 4.87. The van der Waals surface area contributed by atoms with Gasteiger partial charge in [0.15, 0.2) is 0 Å². The van der Waals surface area contributed by atoms with Crippen molar-refractivity contribution < 1.29 is 14.6 Å². The number of hydrogen-bond acceptors (Lipinski definition) is 3. The van der Waals surface area contributed by atoms with Crippen LogP contribution < -0.4 is 4.90 Å². The topological polar surface area (TPSA) is 49.8 Å². The van der Waals surface area contributed by atoms with E-state index >= 15 is 0 Å². The molecule has 0 radical (unpaired) electrons. The van der Waals surface area contributed by atoms with Crippen molar-refractivity contribution in [1.29, 1.82) is 0 Å². The van der Waals surface area contributed by atoms with Gasteiger partial charge >= 0.3 is 5.97 Å². The summed E-state index contributed by atoms with van der Waals surface area (Å²) in [6, 6.07) is 8.06. The second-order valence-corrected chi connectivity index (χ2v) is 3.96. The van der Waals surface area contributed by atoms with Crippen LogP contribution in [0.4, 0.5) is 5.69 Å². The molecular weight excluding hydrogens is 218 g/mol. The van der Waals surface area contributed by atoms with E-state index in [1.807, 2.05) is 36.1 Å². The Hall–Kier alpha value is -1.55. The lowest BCUT2D eigenvalue weighted by molar-refractivity contribution is -0.136. The van der Waals surface area contributed by atoms with Crippen molar-refractivity contribution in [1.82, 2.24) is 0 Å². The quantitative estimate of drug-likeness (QED) is 0.787. The predicted octanol–water partition coefficient (Wildman–Crippen LogP) is 1.92. The second-order valence-electron chi connectivity index (χ2n) is 3.96. The number of methoxy groups -OCH3 is 1. The summed E-state index contributed by atoms with van der Waals surface area (Å²) in [6.45, 7) is 3.82. The number of rotatable bonds is 7. The fourth-order valence-corrected chi connectivity index (χ4v) is 1.56. The maximum absolute atomic E-state index is 10.6. The first-order chi connectivity index (χ1) is 8.13. The minimum absolute atomic E-state index is 0.136. The van der Waals surface area contributed by atoms with Gasteiger partial charge in [-0.05, 0) is 19.1 Å². The lowest BCUT2D eigenvalue weighted by Gasteiger charge is -2.23. The van der Waals surface area contributed by atoms with Gasteiger partial charge in [-0.3, -0.25) is 4.79 Å². The van der Waals surface area contributed by atoms with Crippen LogP contribution >= 0.6 is 0 Å². The number of hydrogen-bond donors (Lipinski definition) is 1. The van der Waals surface area contributed by atoms with Crippen molar-refractivity contribution in [3.05, 3.63) is 29.8 Å². The molecule has 1 aromatic rings. The Bertz CT molecular complexity index is 348. The number of carboxylic acid groups (broad SMARTS) is 1. The summed E-state index contributed by atoms with van der Waals surface area (Å²) in [4.78, 5) is 12.6. The van der Waals surface area contributed by atoms with Crippen molar-refractivity contribution in [3.8, 4) is 0 Å². The number of carbonyl (C=O) groups is 1. The van der Waals surface area contributed by atoms with E-state index in [9.17, 15) is 4.79 Å². The van der Waals surface area contributed by atoms with E-state index in [-0.39, 0.29) is 6.42 Å². The summed E-state index contributed by atoms with van der Waals surface area (Å²) in [5, 5.41) is 8.72. The summed E-state index contributed by atoms with van der Waals surface area (Å²) in [7, 11) is 1.64. The summed E-state index contributed by atoms with van der Waals surface area (Å²) in [6.07, 6.45) is 0.136. The number of anilines is 1. The van der Waals surface area contributed by atoms with Crippen LogP contribution in [0.15, 0.2) is 24.3 Å². The monoisotopic (exact) mass is 237 g/mol. The third-order valence-corrected chi connectivity index (χ3v) is 2.56. The maximum atomic E-state index is 10.6. The van der Waals surface area contributed by atoms with Gasteiger partial charge in [-0.15, -0.1) is 0 Å². The molecule has 94 valence electrons. The molecule has 0 unspecified atom stereocenters. The summed E-state index contributed by atoms with van der Waals surface area (Å²) < 4.78 is 5.04. The minimum atomic E-state index is -0.778. The van der Waals surface area contributed by atoms with Crippen LogP contribution in [0.2, 0.25) is 0 Å². The van der Waals surface area contributed by atoms with Crippen molar-refractivity contribution in [2.45, 2.75) is 13.3 Å². The minimum Gasteiger partial charge on any atom is -0.481 e. The number of aryl methyl sites for hydroxylation is 1. The summed E-state index contributed by atoms with van der Waals surface area (Å²) in [5.74, 6) is -0.778. The van der Waals surface area contributed by atoms with Crippen molar-refractivity contribution >= 4 is 11.7 Å². The van der Waals surface area contributed by atoms with E-state index in [0.717, 1.165) is 5.69 Å². The Morgan fingerprint density at radius 1 is 1.29 bits per heavy atom. The van der Waals surface area contributed by atoms with Gasteiger partial charge in [0.2, 0.25) is 0 Å². The first-order valence-corrected chi connectivity index (χ1v) is 5.66. The summed E-state index contributed by atoms with van der Waals surface area (Å²) >= 11 is 0. The van der Waals surface area contributed by atoms with Crippen molar-refractivity contribution in [2.75, 3.05) is 31.7 Å². The van der Waals surface area contributed by atoms with Gasteiger partial charge in [0.05, 0.1) is 13.0 Å². The molecule has 0 spiro atoms. The van der Waals surface area contributed by atoms with Crippen LogP contribution in [0.3, 0.4) is 0 Å². The van der Waals surface area contributed by atoms with Crippen LogP contribution in [0, 0.1) is 6.92 Å². The molecule has 0 aromatic heterocycles. The van der Waals surface area contributed by atoms with Crippen LogP contribution in [-0.2, 0) is 9.53 Å². The van der Waals surface area contributed by atoms with Gasteiger partial charge < -0.3 is 14.7 Å². The molecule has 0 saturated carbocycles. The Morgan fingerprint density at radius 2 is 1.94 bits per heavy atom. The molecular formula is C13H19NO3. The normalized spacial score (nSPS) is 10.2. The van der Waals surface area contributed by atoms with E-state index in [0.29, 0.717) is 19.7 Å². The van der Waals surface area contributed by atoms with Crippen molar-refractivity contribution in [2.24, 2.45) is 0 Å². The predicted molar refractivity (Wildman–Crippen MR) is 67.5 cm³/mol. The average Bonchev–Trinajstić information content (AvgIpc) is 2.30. The molecule has 0 aliphatic rings. The molecule has 4 heteroatoms. The molecule has 1 N–H and O–H groups in total. The zero-order valence-electron chi connectivity index (χ0n) is 10.3. The Kier molecular flexibility index (Phi) is 5.49. The standard InChI is InChI=1S/C13H19NO3/c1-11-3-5-12(6-4-11)14(9-10-17-2)8-7-13(15)16/h3-6H,7-10H2,1-2H3,(H,15,16). The smallest absolute Gasteiger partial charge is 0.305 e. The van der Waals surface area contributed by atoms with Crippen LogP contribution in [0.5, 0.6) is 0 Å². The number of ether oxygens (including phenoxy) is 1. The second kappa shape index (κ2) is 6.91. The molecule has 0 saturated heterocycles. The van der Waals surface area contributed by atoms with Gasteiger partial charge in [-0.25, -0.2) is 0 Å². The fraction of sp³-hybridized carbons (Fsp3) is 0.462. The van der Waals surface area contributed by atoms with E-state index in [2.05, 4.69) is 0 Å². The largest absolute Gasteiger partial charge is 0.481 e. The molecule has 0 bridgehead atoms. The molecule has 0 fully saturated rings. The molecule has 1 rings (SSSR count). The highest BCUT2D eigenvalue weighted by Gasteiger charge is 2.08. The third-order valence-electron chi connectivity index (χ3n) is 2.56. The summed E-state index contributed by atoms with van der Waals surface area (Å²) in [5.41, 5.74) is 2.23. The van der Waals surface area contributed by atoms with Crippen LogP contribution in [0.25, 0.3) is 0 Å². The zero-order valence-corrected chi connectivity index (χ0v) is 10.3. The number of nitrogens with zero attached hydrogens (tertiary/aromatic N) is 1. The molecule has 0 aliphatic carbocycles. The Labute approximate surface area is 102 Å². The SMILES string of the molecule is COCCN(CCC(=O)O)c1ccc(C)cc1. The lowest BCUT2D eigenvalue weighted by Crippen LogP contribution is -2.29. The first-order valence-electron chi connectivity index (χ1n) is 5.66. The Morgan fingerprint density at radius 3 is 2.47 bits per heavy atom. The molecule has 4 nitrogen and oxygen atoms in total. The number of carboxylic acids is 1.